The lowest BCUT2D eigenvalue weighted by atomic mass is 10.1. The van der Waals surface area contributed by atoms with Crippen LogP contribution >= 0.6 is 0 Å². The van der Waals surface area contributed by atoms with Crippen molar-refractivity contribution in [2.45, 2.75) is 13.0 Å². The number of carbonyl (C=O) groups is 2. The molecule has 0 bridgehead atoms. The number of benzene rings is 2. The highest BCUT2D eigenvalue weighted by Crippen LogP contribution is 2.29. The Kier molecular flexibility index (Phi) is 4.28. The van der Waals surface area contributed by atoms with Crippen LogP contribution in [0, 0.1) is 0 Å². The predicted molar refractivity (Wildman–Crippen MR) is 88.5 cm³/mol. The van der Waals surface area contributed by atoms with Crippen molar-refractivity contribution in [1.29, 1.82) is 0 Å². The van der Waals surface area contributed by atoms with E-state index in [9.17, 15) is 9.59 Å². The fourth-order valence-corrected chi connectivity index (χ4v) is 2.67. The zero-order valence-corrected chi connectivity index (χ0v) is 12.9. The molecule has 5 heteroatoms. The number of carbonyl (C=O) groups excluding carboxylic acids is 2. The minimum absolute atomic E-state index is 0.0287. The molecule has 1 N–H and O–H groups in total. The summed E-state index contributed by atoms with van der Waals surface area (Å²) in [7, 11) is 1.37. The normalized spacial score (nSPS) is 13.8. The minimum atomic E-state index is -0.341. The van der Waals surface area contributed by atoms with Crippen LogP contribution in [-0.2, 0) is 16.1 Å². The summed E-state index contributed by atoms with van der Waals surface area (Å²) in [5.74, 6) is -0.313. The number of hydrogen-bond acceptors (Lipinski definition) is 4. The summed E-state index contributed by atoms with van der Waals surface area (Å²) in [4.78, 5) is 25.5. The Balaban J connectivity index is 1.82. The Morgan fingerprint density at radius 2 is 1.91 bits per heavy atom. The molecule has 0 aliphatic carbocycles. The second-order valence-electron chi connectivity index (χ2n) is 5.43. The molecule has 1 amide bonds. The molecule has 118 valence electrons. The van der Waals surface area contributed by atoms with Gasteiger partial charge in [0.2, 0.25) is 5.91 Å². The Labute approximate surface area is 134 Å². The van der Waals surface area contributed by atoms with Crippen LogP contribution in [0.1, 0.15) is 22.3 Å². The summed E-state index contributed by atoms with van der Waals surface area (Å²) in [6.07, 6.45) is 0.453. The number of nitrogens with one attached hydrogen (secondary N) is 1. The van der Waals surface area contributed by atoms with Gasteiger partial charge in [0.25, 0.3) is 0 Å². The van der Waals surface area contributed by atoms with Crippen molar-refractivity contribution in [2.24, 2.45) is 0 Å². The first-order valence-corrected chi connectivity index (χ1v) is 7.48. The Hall–Kier alpha value is -2.82. The molecule has 0 saturated heterocycles. The molecule has 5 nitrogen and oxygen atoms in total. The van der Waals surface area contributed by atoms with Gasteiger partial charge in [0.15, 0.2) is 0 Å². The summed E-state index contributed by atoms with van der Waals surface area (Å²) in [5, 5.41) is 2.93. The maximum absolute atomic E-state index is 11.8. The number of ether oxygens (including phenoxy) is 1. The number of fused-ring (bicyclic) bond motifs is 1. The molecule has 1 aliphatic heterocycles. The number of anilines is 2. The van der Waals surface area contributed by atoms with Gasteiger partial charge in [0.1, 0.15) is 0 Å². The van der Waals surface area contributed by atoms with E-state index in [1.165, 1.54) is 7.11 Å². The first-order chi connectivity index (χ1) is 11.2. The van der Waals surface area contributed by atoms with Crippen LogP contribution < -0.4 is 10.2 Å². The van der Waals surface area contributed by atoms with Crippen molar-refractivity contribution >= 4 is 23.3 Å². The lowest BCUT2D eigenvalue weighted by Gasteiger charge is -2.24. The van der Waals surface area contributed by atoms with Gasteiger partial charge >= 0.3 is 5.97 Å². The number of methoxy groups -OCH3 is 1. The lowest BCUT2D eigenvalue weighted by Crippen LogP contribution is -2.24. The monoisotopic (exact) mass is 310 g/mol. The molecule has 0 saturated carbocycles. The number of nitrogens with zero attached hydrogens (tertiary/aromatic N) is 1. The highest BCUT2D eigenvalue weighted by atomic mass is 16.5. The molecular formula is C18H18N2O3. The second-order valence-corrected chi connectivity index (χ2v) is 5.43. The van der Waals surface area contributed by atoms with E-state index in [-0.39, 0.29) is 11.9 Å². The zero-order valence-electron chi connectivity index (χ0n) is 12.9. The first kappa shape index (κ1) is 15.1. The maximum atomic E-state index is 11.8. The van der Waals surface area contributed by atoms with E-state index in [2.05, 4.69) is 10.2 Å². The van der Waals surface area contributed by atoms with Gasteiger partial charge in [-0.05, 0) is 29.8 Å². The zero-order chi connectivity index (χ0) is 16.2. The van der Waals surface area contributed by atoms with Crippen LogP contribution in [0.2, 0.25) is 0 Å². The molecule has 2 aromatic rings. The van der Waals surface area contributed by atoms with E-state index >= 15 is 0 Å². The number of para-hydroxylation sites is 2. The van der Waals surface area contributed by atoms with Crippen LogP contribution in [-0.4, -0.2) is 25.5 Å². The SMILES string of the molecule is COC(=O)c1ccc(CN2CCC(=O)Nc3ccccc32)cc1. The van der Waals surface area contributed by atoms with Gasteiger partial charge in [-0.1, -0.05) is 24.3 Å². The van der Waals surface area contributed by atoms with Crippen molar-refractivity contribution in [3.63, 3.8) is 0 Å². The third-order valence-corrected chi connectivity index (χ3v) is 3.88. The van der Waals surface area contributed by atoms with Gasteiger partial charge in [-0.15, -0.1) is 0 Å². The smallest absolute Gasteiger partial charge is 0.337 e. The quantitative estimate of drug-likeness (QED) is 0.886. The average molecular weight is 310 g/mol. The van der Waals surface area contributed by atoms with Crippen molar-refractivity contribution in [2.75, 3.05) is 23.9 Å². The van der Waals surface area contributed by atoms with Crippen LogP contribution in [0.4, 0.5) is 11.4 Å². The van der Waals surface area contributed by atoms with Crippen LogP contribution in [0.5, 0.6) is 0 Å². The maximum Gasteiger partial charge on any atom is 0.337 e. The molecule has 23 heavy (non-hydrogen) atoms. The second kappa shape index (κ2) is 6.52. The highest BCUT2D eigenvalue weighted by Gasteiger charge is 2.18. The van der Waals surface area contributed by atoms with Gasteiger partial charge in [-0.3, -0.25) is 4.79 Å². The fourth-order valence-electron chi connectivity index (χ4n) is 2.67. The molecule has 0 atom stereocenters. The molecule has 3 rings (SSSR count). The molecule has 0 fully saturated rings. The number of esters is 1. The highest BCUT2D eigenvalue weighted by molar-refractivity contribution is 5.96. The Morgan fingerprint density at radius 3 is 2.65 bits per heavy atom. The van der Waals surface area contributed by atoms with E-state index < -0.39 is 0 Å². The van der Waals surface area contributed by atoms with Crippen LogP contribution in [0.3, 0.4) is 0 Å². The van der Waals surface area contributed by atoms with E-state index in [0.29, 0.717) is 25.1 Å². The van der Waals surface area contributed by atoms with Crippen molar-refractivity contribution in [3.05, 3.63) is 59.7 Å². The minimum Gasteiger partial charge on any atom is -0.465 e. The number of hydrogen-bond donors (Lipinski definition) is 1. The van der Waals surface area contributed by atoms with Gasteiger partial charge in [0.05, 0.1) is 24.0 Å². The third-order valence-electron chi connectivity index (χ3n) is 3.88. The largest absolute Gasteiger partial charge is 0.465 e. The molecule has 0 aromatic heterocycles. The third kappa shape index (κ3) is 3.34. The van der Waals surface area contributed by atoms with E-state index in [1.54, 1.807) is 12.1 Å². The Bertz CT molecular complexity index is 725. The average Bonchev–Trinajstić information content (AvgIpc) is 2.74. The summed E-state index contributed by atoms with van der Waals surface area (Å²) >= 11 is 0. The van der Waals surface area contributed by atoms with Gasteiger partial charge in [-0.2, -0.15) is 0 Å². The van der Waals surface area contributed by atoms with E-state index in [0.717, 1.165) is 16.9 Å². The van der Waals surface area contributed by atoms with Gasteiger partial charge in [0, 0.05) is 19.5 Å². The van der Waals surface area contributed by atoms with Crippen molar-refractivity contribution in [3.8, 4) is 0 Å². The summed E-state index contributed by atoms with van der Waals surface area (Å²) < 4.78 is 4.71. The molecule has 1 aliphatic rings. The molecular weight excluding hydrogens is 292 g/mol. The summed E-state index contributed by atoms with van der Waals surface area (Å²) in [6.45, 7) is 1.33. The van der Waals surface area contributed by atoms with E-state index in [4.69, 9.17) is 4.74 Å². The number of amides is 1. The summed E-state index contributed by atoms with van der Waals surface area (Å²) in [6, 6.07) is 15.1. The molecule has 0 radical (unpaired) electrons. The predicted octanol–water partition coefficient (Wildman–Crippen LogP) is 2.82. The van der Waals surface area contributed by atoms with E-state index in [1.807, 2.05) is 36.4 Å². The molecule has 0 unspecified atom stereocenters. The molecule has 0 spiro atoms. The van der Waals surface area contributed by atoms with Gasteiger partial charge in [-0.25, -0.2) is 4.79 Å². The summed E-state index contributed by atoms with van der Waals surface area (Å²) in [5.41, 5.74) is 3.45. The first-order valence-electron chi connectivity index (χ1n) is 7.48. The number of rotatable bonds is 3. The molecule has 2 aromatic carbocycles. The topological polar surface area (TPSA) is 58.6 Å². The molecule has 1 heterocycles. The lowest BCUT2D eigenvalue weighted by molar-refractivity contribution is -0.115. The van der Waals surface area contributed by atoms with Crippen LogP contribution in [0.25, 0.3) is 0 Å². The van der Waals surface area contributed by atoms with Gasteiger partial charge < -0.3 is 15.0 Å². The fraction of sp³-hybridized carbons (Fsp3) is 0.222. The van der Waals surface area contributed by atoms with Crippen molar-refractivity contribution < 1.29 is 14.3 Å². The Morgan fingerprint density at radius 1 is 1.17 bits per heavy atom. The van der Waals surface area contributed by atoms with Crippen LogP contribution in [0.15, 0.2) is 48.5 Å². The standard InChI is InChI=1S/C18H18N2O3/c1-23-18(22)14-8-6-13(7-9-14)12-20-11-10-17(21)19-15-4-2-3-5-16(15)20/h2-9H,10-12H2,1H3,(H,19,21). The van der Waals surface area contributed by atoms with Crippen molar-refractivity contribution in [1.82, 2.24) is 0 Å².